The number of carboxylic acid groups (broad SMARTS) is 2. The molecule has 0 aromatic carbocycles. The SMILES string of the molecule is O=C(O)CC(NC(=O)C1CCOCC1)C(=O)O. The summed E-state index contributed by atoms with van der Waals surface area (Å²) in [7, 11) is 0. The number of carbonyl (C=O) groups excluding carboxylic acids is 1. The molecule has 1 unspecified atom stereocenters. The number of hydrogen-bond acceptors (Lipinski definition) is 4. The zero-order valence-electron chi connectivity index (χ0n) is 9.22. The van der Waals surface area contributed by atoms with Crippen LogP contribution >= 0.6 is 0 Å². The zero-order valence-corrected chi connectivity index (χ0v) is 9.22. The second-order valence-corrected chi connectivity index (χ2v) is 3.88. The maximum atomic E-state index is 11.7. The second-order valence-electron chi connectivity index (χ2n) is 3.88. The minimum atomic E-state index is -1.37. The Morgan fingerprint density at radius 1 is 1.24 bits per heavy atom. The molecule has 1 heterocycles. The molecule has 0 aliphatic carbocycles. The molecule has 0 saturated carbocycles. The smallest absolute Gasteiger partial charge is 0.326 e. The van der Waals surface area contributed by atoms with E-state index in [0.717, 1.165) is 0 Å². The first kappa shape index (κ1) is 13.4. The molecule has 0 bridgehead atoms. The van der Waals surface area contributed by atoms with E-state index in [4.69, 9.17) is 14.9 Å². The van der Waals surface area contributed by atoms with Gasteiger partial charge in [0.25, 0.3) is 0 Å². The first-order chi connectivity index (χ1) is 8.00. The molecule has 1 aliphatic heterocycles. The van der Waals surface area contributed by atoms with Crippen LogP contribution in [0.3, 0.4) is 0 Å². The van der Waals surface area contributed by atoms with Crippen LogP contribution in [0.2, 0.25) is 0 Å². The maximum absolute atomic E-state index is 11.7. The number of carbonyl (C=O) groups is 3. The summed E-state index contributed by atoms with van der Waals surface area (Å²) in [6, 6.07) is -1.37. The quantitative estimate of drug-likeness (QED) is 0.599. The zero-order chi connectivity index (χ0) is 12.8. The Morgan fingerprint density at radius 2 is 1.82 bits per heavy atom. The average molecular weight is 245 g/mol. The van der Waals surface area contributed by atoms with E-state index < -0.39 is 30.3 Å². The van der Waals surface area contributed by atoms with Crippen molar-refractivity contribution < 1.29 is 29.3 Å². The summed E-state index contributed by atoms with van der Waals surface area (Å²) in [4.78, 5) is 32.9. The predicted molar refractivity (Wildman–Crippen MR) is 55.4 cm³/mol. The highest BCUT2D eigenvalue weighted by molar-refractivity contribution is 5.87. The number of ether oxygens (including phenoxy) is 1. The van der Waals surface area contributed by atoms with E-state index in [0.29, 0.717) is 26.1 Å². The Morgan fingerprint density at radius 3 is 2.29 bits per heavy atom. The van der Waals surface area contributed by atoms with Gasteiger partial charge in [-0.25, -0.2) is 4.79 Å². The van der Waals surface area contributed by atoms with E-state index in [2.05, 4.69) is 5.32 Å². The van der Waals surface area contributed by atoms with Crippen molar-refractivity contribution in [1.82, 2.24) is 5.32 Å². The second kappa shape index (κ2) is 6.19. The molecule has 1 aliphatic rings. The lowest BCUT2D eigenvalue weighted by molar-refractivity contribution is -0.148. The van der Waals surface area contributed by atoms with Crippen molar-refractivity contribution >= 4 is 17.8 Å². The van der Waals surface area contributed by atoms with Crippen molar-refractivity contribution in [2.75, 3.05) is 13.2 Å². The highest BCUT2D eigenvalue weighted by Crippen LogP contribution is 2.15. The van der Waals surface area contributed by atoms with Crippen molar-refractivity contribution in [3.05, 3.63) is 0 Å². The lowest BCUT2D eigenvalue weighted by Crippen LogP contribution is -2.45. The standard InChI is InChI=1S/C10H15NO6/c12-8(13)5-7(10(15)16)11-9(14)6-1-3-17-4-2-6/h6-7H,1-5H2,(H,11,14)(H,12,13)(H,15,16). The number of hydrogen-bond donors (Lipinski definition) is 3. The van der Waals surface area contributed by atoms with Crippen molar-refractivity contribution in [2.24, 2.45) is 5.92 Å². The third-order valence-electron chi connectivity index (χ3n) is 2.59. The summed E-state index contributed by atoms with van der Waals surface area (Å²) in [6.45, 7) is 0.934. The van der Waals surface area contributed by atoms with Crippen molar-refractivity contribution in [2.45, 2.75) is 25.3 Å². The molecule has 1 fully saturated rings. The lowest BCUT2D eigenvalue weighted by atomic mass is 9.99. The minimum Gasteiger partial charge on any atom is -0.481 e. The summed E-state index contributed by atoms with van der Waals surface area (Å²) in [6.07, 6.45) is 0.445. The van der Waals surface area contributed by atoms with Gasteiger partial charge in [-0.1, -0.05) is 0 Å². The highest BCUT2D eigenvalue weighted by atomic mass is 16.5. The molecular formula is C10H15NO6. The Bertz CT molecular complexity index is 310. The van der Waals surface area contributed by atoms with Crippen molar-refractivity contribution in [1.29, 1.82) is 0 Å². The fraction of sp³-hybridized carbons (Fsp3) is 0.700. The molecule has 0 aromatic rings. The van der Waals surface area contributed by atoms with Crippen LogP contribution in [-0.2, 0) is 19.1 Å². The number of nitrogens with one attached hydrogen (secondary N) is 1. The maximum Gasteiger partial charge on any atom is 0.326 e. The largest absolute Gasteiger partial charge is 0.481 e. The van der Waals surface area contributed by atoms with Crippen LogP contribution in [-0.4, -0.2) is 47.3 Å². The average Bonchev–Trinajstić information content (AvgIpc) is 2.28. The molecule has 0 aromatic heterocycles. The van der Waals surface area contributed by atoms with Crippen LogP contribution < -0.4 is 5.32 Å². The van der Waals surface area contributed by atoms with Gasteiger partial charge in [0.1, 0.15) is 6.04 Å². The molecular weight excluding hydrogens is 230 g/mol. The summed E-state index contributed by atoms with van der Waals surface area (Å²) >= 11 is 0. The van der Waals surface area contributed by atoms with Gasteiger partial charge in [0.05, 0.1) is 6.42 Å². The van der Waals surface area contributed by atoms with Gasteiger partial charge in [-0.15, -0.1) is 0 Å². The Balaban J connectivity index is 2.50. The minimum absolute atomic E-state index is 0.292. The monoisotopic (exact) mass is 245 g/mol. The summed E-state index contributed by atoms with van der Waals surface area (Å²) in [5.41, 5.74) is 0. The molecule has 17 heavy (non-hydrogen) atoms. The number of carboxylic acids is 2. The van der Waals surface area contributed by atoms with Crippen molar-refractivity contribution in [3.63, 3.8) is 0 Å². The van der Waals surface area contributed by atoms with E-state index in [1.807, 2.05) is 0 Å². The third kappa shape index (κ3) is 4.39. The molecule has 1 atom stereocenters. The van der Waals surface area contributed by atoms with Crippen LogP contribution in [0.1, 0.15) is 19.3 Å². The summed E-state index contributed by atoms with van der Waals surface area (Å²) in [5.74, 6) is -3.31. The van der Waals surface area contributed by atoms with E-state index >= 15 is 0 Å². The van der Waals surface area contributed by atoms with Crippen LogP contribution in [0.4, 0.5) is 0 Å². The fourth-order valence-electron chi connectivity index (χ4n) is 1.62. The summed E-state index contributed by atoms with van der Waals surface area (Å²) < 4.78 is 5.08. The number of amides is 1. The first-order valence-electron chi connectivity index (χ1n) is 5.33. The molecule has 7 heteroatoms. The van der Waals surface area contributed by atoms with Crippen LogP contribution in [0.25, 0.3) is 0 Å². The lowest BCUT2D eigenvalue weighted by Gasteiger charge is -2.22. The molecule has 0 spiro atoms. The van der Waals surface area contributed by atoms with E-state index in [1.165, 1.54) is 0 Å². The topological polar surface area (TPSA) is 113 Å². The molecule has 1 rings (SSSR count). The van der Waals surface area contributed by atoms with E-state index in [-0.39, 0.29) is 5.92 Å². The Hall–Kier alpha value is -1.63. The van der Waals surface area contributed by atoms with Crippen LogP contribution in [0.15, 0.2) is 0 Å². The molecule has 96 valence electrons. The number of rotatable bonds is 5. The van der Waals surface area contributed by atoms with Crippen molar-refractivity contribution in [3.8, 4) is 0 Å². The van der Waals surface area contributed by atoms with Crippen LogP contribution in [0, 0.1) is 5.92 Å². The normalized spacial score (nSPS) is 18.4. The third-order valence-corrected chi connectivity index (χ3v) is 2.59. The first-order valence-corrected chi connectivity index (χ1v) is 5.33. The van der Waals surface area contributed by atoms with Gasteiger partial charge in [-0.3, -0.25) is 9.59 Å². The van der Waals surface area contributed by atoms with Gasteiger partial charge < -0.3 is 20.3 Å². The Kier molecular flexibility index (Phi) is 4.89. The molecule has 7 nitrogen and oxygen atoms in total. The molecule has 3 N–H and O–H groups in total. The predicted octanol–water partition coefficient (Wildman–Crippen LogP) is -0.543. The van der Waals surface area contributed by atoms with Gasteiger partial charge in [0, 0.05) is 19.1 Å². The summed E-state index contributed by atoms with van der Waals surface area (Å²) in [5, 5.41) is 19.5. The van der Waals surface area contributed by atoms with E-state index in [1.54, 1.807) is 0 Å². The fourth-order valence-corrected chi connectivity index (χ4v) is 1.62. The number of aliphatic carboxylic acids is 2. The van der Waals surface area contributed by atoms with Gasteiger partial charge in [-0.05, 0) is 12.8 Å². The molecule has 1 amide bonds. The van der Waals surface area contributed by atoms with Gasteiger partial charge >= 0.3 is 11.9 Å². The van der Waals surface area contributed by atoms with Gasteiger partial charge in [-0.2, -0.15) is 0 Å². The Labute approximate surface area is 97.8 Å². The van der Waals surface area contributed by atoms with Crippen LogP contribution in [0.5, 0.6) is 0 Å². The van der Waals surface area contributed by atoms with E-state index in [9.17, 15) is 14.4 Å². The molecule has 1 saturated heterocycles. The van der Waals surface area contributed by atoms with Gasteiger partial charge in [0.2, 0.25) is 5.91 Å². The molecule has 0 radical (unpaired) electrons. The highest BCUT2D eigenvalue weighted by Gasteiger charge is 2.28. The van der Waals surface area contributed by atoms with Gasteiger partial charge in [0.15, 0.2) is 0 Å².